The molecule has 3 nitrogen and oxygen atoms in total. The molecule has 1 aromatic rings. The summed E-state index contributed by atoms with van der Waals surface area (Å²) < 4.78 is 5.37. The molecule has 0 heterocycles. The van der Waals surface area contributed by atoms with E-state index in [1.165, 1.54) is 0 Å². The number of ether oxygens (including phenoxy) is 1. The van der Waals surface area contributed by atoms with Gasteiger partial charge < -0.3 is 15.4 Å². The Morgan fingerprint density at radius 1 is 1.28 bits per heavy atom. The molecule has 0 fully saturated rings. The molecule has 18 heavy (non-hydrogen) atoms. The van der Waals surface area contributed by atoms with Crippen LogP contribution in [-0.2, 0) is 0 Å². The molecule has 3 heteroatoms. The van der Waals surface area contributed by atoms with Crippen molar-refractivity contribution in [2.45, 2.75) is 26.7 Å². The van der Waals surface area contributed by atoms with Crippen molar-refractivity contribution in [1.29, 1.82) is 0 Å². The fourth-order valence-electron chi connectivity index (χ4n) is 1.96. The Hall–Kier alpha value is -1.22. The number of para-hydroxylation sites is 2. The second kappa shape index (κ2) is 6.64. The summed E-state index contributed by atoms with van der Waals surface area (Å²) in [6, 6.07) is 8.12. The van der Waals surface area contributed by atoms with Crippen LogP contribution in [0.25, 0.3) is 0 Å². The molecule has 0 spiro atoms. The molecular weight excluding hydrogens is 224 g/mol. The lowest BCUT2D eigenvalue weighted by molar-refractivity contribution is 0.338. The van der Waals surface area contributed by atoms with Crippen LogP contribution in [-0.4, -0.2) is 27.2 Å². The van der Waals surface area contributed by atoms with E-state index in [4.69, 9.17) is 10.5 Å². The van der Waals surface area contributed by atoms with Crippen LogP contribution in [0.5, 0.6) is 5.75 Å². The minimum Gasteiger partial charge on any atom is -0.495 e. The summed E-state index contributed by atoms with van der Waals surface area (Å²) in [7, 11) is 3.82. The largest absolute Gasteiger partial charge is 0.495 e. The van der Waals surface area contributed by atoms with E-state index in [2.05, 4.69) is 31.9 Å². The van der Waals surface area contributed by atoms with Gasteiger partial charge in [0.2, 0.25) is 0 Å². The highest BCUT2D eigenvalue weighted by atomic mass is 16.5. The Labute approximate surface area is 111 Å². The molecule has 0 saturated heterocycles. The van der Waals surface area contributed by atoms with Crippen LogP contribution in [0.2, 0.25) is 0 Å². The number of anilines is 1. The van der Waals surface area contributed by atoms with Gasteiger partial charge in [-0.25, -0.2) is 0 Å². The van der Waals surface area contributed by atoms with Gasteiger partial charge in [0.05, 0.1) is 12.8 Å². The Morgan fingerprint density at radius 3 is 2.56 bits per heavy atom. The van der Waals surface area contributed by atoms with Crippen molar-refractivity contribution in [3.05, 3.63) is 24.3 Å². The van der Waals surface area contributed by atoms with Crippen LogP contribution < -0.4 is 15.4 Å². The fourth-order valence-corrected chi connectivity index (χ4v) is 1.96. The van der Waals surface area contributed by atoms with Gasteiger partial charge >= 0.3 is 0 Å². The Kier molecular flexibility index (Phi) is 5.48. The molecule has 0 radical (unpaired) electrons. The number of nitrogens with zero attached hydrogens (tertiary/aromatic N) is 1. The zero-order valence-corrected chi connectivity index (χ0v) is 12.1. The number of benzene rings is 1. The molecule has 0 atom stereocenters. The van der Waals surface area contributed by atoms with Gasteiger partial charge in [0, 0.05) is 13.6 Å². The van der Waals surface area contributed by atoms with Crippen molar-refractivity contribution in [1.82, 2.24) is 0 Å². The first-order chi connectivity index (χ1) is 8.50. The van der Waals surface area contributed by atoms with E-state index in [0.29, 0.717) is 0 Å². The van der Waals surface area contributed by atoms with E-state index in [9.17, 15) is 0 Å². The van der Waals surface area contributed by atoms with Crippen molar-refractivity contribution in [3.63, 3.8) is 0 Å². The third-order valence-electron chi connectivity index (χ3n) is 3.40. The van der Waals surface area contributed by atoms with Gasteiger partial charge in [-0.3, -0.25) is 0 Å². The maximum atomic E-state index is 5.75. The maximum absolute atomic E-state index is 5.75. The van der Waals surface area contributed by atoms with Crippen molar-refractivity contribution < 1.29 is 4.74 Å². The number of hydrogen-bond donors (Lipinski definition) is 1. The number of nitrogens with two attached hydrogens (primary N) is 1. The summed E-state index contributed by atoms with van der Waals surface area (Å²) in [4.78, 5) is 2.24. The molecule has 0 aliphatic rings. The van der Waals surface area contributed by atoms with Crippen molar-refractivity contribution in [3.8, 4) is 5.75 Å². The lowest BCUT2D eigenvalue weighted by Gasteiger charge is -2.26. The zero-order chi connectivity index (χ0) is 13.6. The van der Waals surface area contributed by atoms with E-state index in [1.807, 2.05) is 18.2 Å². The zero-order valence-electron chi connectivity index (χ0n) is 12.1. The second-order valence-electron chi connectivity index (χ2n) is 5.57. The molecule has 1 aromatic carbocycles. The second-order valence-corrected chi connectivity index (χ2v) is 5.57. The molecule has 1 rings (SSSR count). The first-order valence-electron chi connectivity index (χ1n) is 6.54. The predicted molar refractivity (Wildman–Crippen MR) is 78.3 cm³/mol. The summed E-state index contributed by atoms with van der Waals surface area (Å²) in [6.07, 6.45) is 2.28. The molecule has 102 valence electrons. The van der Waals surface area contributed by atoms with Crippen LogP contribution >= 0.6 is 0 Å². The highest BCUT2D eigenvalue weighted by Crippen LogP contribution is 2.27. The standard InChI is InChI=1S/C15H26N2O/c1-15(2,12-16)10-7-11-17(3)13-8-5-6-9-14(13)18-4/h5-6,8-9H,7,10-12,16H2,1-4H3. The van der Waals surface area contributed by atoms with Crippen LogP contribution in [0.3, 0.4) is 0 Å². The van der Waals surface area contributed by atoms with Gasteiger partial charge in [-0.2, -0.15) is 0 Å². The lowest BCUT2D eigenvalue weighted by atomic mass is 9.88. The maximum Gasteiger partial charge on any atom is 0.142 e. The predicted octanol–water partition coefficient (Wildman–Crippen LogP) is 2.90. The number of rotatable bonds is 7. The molecule has 2 N–H and O–H groups in total. The van der Waals surface area contributed by atoms with E-state index in [1.54, 1.807) is 7.11 Å². The van der Waals surface area contributed by atoms with Gasteiger partial charge in [0.25, 0.3) is 0 Å². The topological polar surface area (TPSA) is 38.5 Å². The lowest BCUT2D eigenvalue weighted by Crippen LogP contribution is -2.26. The Morgan fingerprint density at radius 2 is 1.94 bits per heavy atom. The third-order valence-corrected chi connectivity index (χ3v) is 3.40. The number of hydrogen-bond acceptors (Lipinski definition) is 3. The Bertz CT molecular complexity index is 363. The molecule has 0 amide bonds. The number of methoxy groups -OCH3 is 1. The highest BCUT2D eigenvalue weighted by molar-refractivity contribution is 5.57. The summed E-state index contributed by atoms with van der Waals surface area (Å²) in [6.45, 7) is 6.20. The fraction of sp³-hybridized carbons (Fsp3) is 0.600. The van der Waals surface area contributed by atoms with Crippen LogP contribution in [0, 0.1) is 5.41 Å². The van der Waals surface area contributed by atoms with Gasteiger partial charge in [0.1, 0.15) is 5.75 Å². The Balaban J connectivity index is 2.53. The van der Waals surface area contributed by atoms with Gasteiger partial charge in [-0.05, 0) is 36.9 Å². The van der Waals surface area contributed by atoms with Crippen molar-refractivity contribution in [2.24, 2.45) is 11.1 Å². The van der Waals surface area contributed by atoms with E-state index < -0.39 is 0 Å². The minimum atomic E-state index is 0.238. The van der Waals surface area contributed by atoms with Gasteiger partial charge in [-0.1, -0.05) is 26.0 Å². The molecule has 0 unspecified atom stereocenters. The average Bonchev–Trinajstić information content (AvgIpc) is 2.38. The molecule has 0 bridgehead atoms. The summed E-state index contributed by atoms with van der Waals surface area (Å²) in [5.74, 6) is 0.929. The average molecular weight is 250 g/mol. The summed E-state index contributed by atoms with van der Waals surface area (Å²) in [5.41, 5.74) is 7.13. The monoisotopic (exact) mass is 250 g/mol. The van der Waals surface area contributed by atoms with Crippen molar-refractivity contribution >= 4 is 5.69 Å². The molecule has 0 aliphatic heterocycles. The third kappa shape index (κ3) is 4.22. The first-order valence-corrected chi connectivity index (χ1v) is 6.54. The first kappa shape index (κ1) is 14.8. The van der Waals surface area contributed by atoms with E-state index in [0.717, 1.165) is 37.4 Å². The SMILES string of the molecule is COc1ccccc1N(C)CCCC(C)(C)CN. The normalized spacial score (nSPS) is 11.4. The highest BCUT2D eigenvalue weighted by Gasteiger charge is 2.15. The van der Waals surface area contributed by atoms with Crippen LogP contribution in [0.1, 0.15) is 26.7 Å². The minimum absolute atomic E-state index is 0.238. The van der Waals surface area contributed by atoms with Gasteiger partial charge in [-0.15, -0.1) is 0 Å². The molecule has 0 saturated carbocycles. The molecular formula is C15H26N2O. The van der Waals surface area contributed by atoms with E-state index in [-0.39, 0.29) is 5.41 Å². The van der Waals surface area contributed by atoms with Crippen LogP contribution in [0.4, 0.5) is 5.69 Å². The summed E-state index contributed by atoms with van der Waals surface area (Å²) >= 11 is 0. The van der Waals surface area contributed by atoms with Crippen LogP contribution in [0.15, 0.2) is 24.3 Å². The molecule has 0 aliphatic carbocycles. The smallest absolute Gasteiger partial charge is 0.142 e. The van der Waals surface area contributed by atoms with E-state index >= 15 is 0 Å². The molecule has 0 aromatic heterocycles. The van der Waals surface area contributed by atoms with Gasteiger partial charge in [0.15, 0.2) is 0 Å². The summed E-state index contributed by atoms with van der Waals surface area (Å²) in [5, 5.41) is 0. The quantitative estimate of drug-likeness (QED) is 0.808. The van der Waals surface area contributed by atoms with Crippen molar-refractivity contribution in [2.75, 3.05) is 32.1 Å².